The third-order valence-corrected chi connectivity index (χ3v) is 4.90. The molecule has 0 saturated carbocycles. The summed E-state index contributed by atoms with van der Waals surface area (Å²) in [5, 5.41) is 2.56. The van der Waals surface area contributed by atoms with Crippen LogP contribution in [0.25, 0.3) is 0 Å². The average molecular weight is 398 g/mol. The zero-order valence-electron chi connectivity index (χ0n) is 16.4. The summed E-state index contributed by atoms with van der Waals surface area (Å²) >= 11 is 0. The predicted octanol–water partition coefficient (Wildman–Crippen LogP) is 3.31. The zero-order valence-corrected chi connectivity index (χ0v) is 16.4. The van der Waals surface area contributed by atoms with Gasteiger partial charge in [-0.15, -0.1) is 0 Å². The Kier molecular flexibility index (Phi) is 6.26. The number of aryl methyl sites for hydroxylation is 1. The summed E-state index contributed by atoms with van der Waals surface area (Å²) in [4.78, 5) is 38.8. The summed E-state index contributed by atoms with van der Waals surface area (Å²) < 4.78 is 18.2. The van der Waals surface area contributed by atoms with Crippen molar-refractivity contribution in [1.82, 2.24) is 0 Å². The van der Waals surface area contributed by atoms with Gasteiger partial charge in [-0.25, -0.2) is 4.39 Å². The minimum Gasteiger partial charge on any atom is -0.452 e. The number of amides is 2. The van der Waals surface area contributed by atoms with Crippen molar-refractivity contribution in [3.8, 4) is 0 Å². The van der Waals surface area contributed by atoms with Gasteiger partial charge < -0.3 is 15.0 Å². The summed E-state index contributed by atoms with van der Waals surface area (Å²) in [6, 6.07) is 12.9. The van der Waals surface area contributed by atoms with Gasteiger partial charge in [0.2, 0.25) is 5.91 Å². The largest absolute Gasteiger partial charge is 0.452 e. The number of carbonyl (C=O) groups is 3. The standard InChI is InChI=1S/C22H23FN2O4/c1-3-15-6-4-5-7-19(15)25-13-16(12-20(25)26)22(28)29-14(2)21(27)24-18-10-8-17(23)9-11-18/h4-11,14,16H,3,12-13H2,1-2H3,(H,24,27)/t14-,16+/m1/s1. The Labute approximate surface area is 168 Å². The van der Waals surface area contributed by atoms with Gasteiger partial charge in [0.1, 0.15) is 5.82 Å². The van der Waals surface area contributed by atoms with Gasteiger partial charge in [0.05, 0.1) is 5.92 Å². The van der Waals surface area contributed by atoms with Gasteiger partial charge in [-0.05, 0) is 49.2 Å². The van der Waals surface area contributed by atoms with E-state index < -0.39 is 29.7 Å². The lowest BCUT2D eigenvalue weighted by molar-refractivity contribution is -0.157. The first-order valence-corrected chi connectivity index (χ1v) is 9.54. The third kappa shape index (κ3) is 4.80. The summed E-state index contributed by atoms with van der Waals surface area (Å²) in [6.07, 6.45) is -0.224. The van der Waals surface area contributed by atoms with Crippen LogP contribution in [0.4, 0.5) is 15.8 Å². The second kappa shape index (κ2) is 8.86. The average Bonchev–Trinajstić information content (AvgIpc) is 3.11. The minimum absolute atomic E-state index is 0.0448. The van der Waals surface area contributed by atoms with Gasteiger partial charge in [-0.2, -0.15) is 0 Å². The van der Waals surface area contributed by atoms with E-state index in [1.54, 1.807) is 4.90 Å². The number of nitrogens with zero attached hydrogens (tertiary/aromatic N) is 1. The number of ether oxygens (including phenoxy) is 1. The molecule has 0 bridgehead atoms. The number of hydrogen-bond donors (Lipinski definition) is 1. The number of para-hydroxylation sites is 1. The molecule has 2 aromatic carbocycles. The highest BCUT2D eigenvalue weighted by Crippen LogP contribution is 2.29. The van der Waals surface area contributed by atoms with E-state index in [2.05, 4.69) is 5.32 Å². The summed E-state index contributed by atoms with van der Waals surface area (Å²) in [7, 11) is 0. The predicted molar refractivity (Wildman–Crippen MR) is 107 cm³/mol. The number of anilines is 2. The Morgan fingerprint density at radius 1 is 1.21 bits per heavy atom. The molecule has 1 heterocycles. The van der Waals surface area contributed by atoms with Crippen molar-refractivity contribution in [3.05, 3.63) is 59.9 Å². The van der Waals surface area contributed by atoms with Gasteiger partial charge in [-0.1, -0.05) is 25.1 Å². The van der Waals surface area contributed by atoms with Crippen molar-refractivity contribution in [1.29, 1.82) is 0 Å². The lowest BCUT2D eigenvalue weighted by Gasteiger charge is -2.20. The monoisotopic (exact) mass is 398 g/mol. The van der Waals surface area contributed by atoms with Crippen molar-refractivity contribution < 1.29 is 23.5 Å². The van der Waals surface area contributed by atoms with Crippen LogP contribution < -0.4 is 10.2 Å². The SMILES string of the molecule is CCc1ccccc1N1C[C@@H](C(=O)O[C@H](C)C(=O)Nc2ccc(F)cc2)CC1=O. The van der Waals surface area contributed by atoms with Crippen LogP contribution in [0, 0.1) is 11.7 Å². The van der Waals surface area contributed by atoms with E-state index in [4.69, 9.17) is 4.74 Å². The molecule has 1 aliphatic heterocycles. The Morgan fingerprint density at radius 2 is 1.90 bits per heavy atom. The lowest BCUT2D eigenvalue weighted by atomic mass is 10.1. The molecule has 29 heavy (non-hydrogen) atoms. The number of rotatable bonds is 6. The number of hydrogen-bond acceptors (Lipinski definition) is 4. The smallest absolute Gasteiger partial charge is 0.312 e. The summed E-state index contributed by atoms with van der Waals surface area (Å²) in [5.74, 6) is -2.30. The van der Waals surface area contributed by atoms with E-state index in [1.807, 2.05) is 31.2 Å². The number of carbonyl (C=O) groups excluding carboxylic acids is 3. The second-order valence-electron chi connectivity index (χ2n) is 6.96. The Hall–Kier alpha value is -3.22. The molecule has 1 N–H and O–H groups in total. The lowest BCUT2D eigenvalue weighted by Crippen LogP contribution is -2.33. The maximum Gasteiger partial charge on any atom is 0.312 e. The number of benzene rings is 2. The van der Waals surface area contributed by atoms with E-state index in [0.29, 0.717) is 5.69 Å². The first-order valence-electron chi connectivity index (χ1n) is 9.54. The molecule has 0 spiro atoms. The van der Waals surface area contributed by atoms with Crippen LogP contribution >= 0.6 is 0 Å². The highest BCUT2D eigenvalue weighted by Gasteiger charge is 2.37. The molecular formula is C22H23FN2O4. The van der Waals surface area contributed by atoms with E-state index in [1.165, 1.54) is 31.2 Å². The molecule has 0 radical (unpaired) electrons. The van der Waals surface area contributed by atoms with Gasteiger partial charge in [-0.3, -0.25) is 14.4 Å². The highest BCUT2D eigenvalue weighted by molar-refractivity contribution is 6.01. The van der Waals surface area contributed by atoms with E-state index in [9.17, 15) is 18.8 Å². The topological polar surface area (TPSA) is 75.7 Å². The third-order valence-electron chi connectivity index (χ3n) is 4.90. The van der Waals surface area contributed by atoms with Crippen molar-refractivity contribution in [3.63, 3.8) is 0 Å². The second-order valence-corrected chi connectivity index (χ2v) is 6.96. The van der Waals surface area contributed by atoms with Crippen LogP contribution in [0.5, 0.6) is 0 Å². The first-order chi connectivity index (χ1) is 13.9. The zero-order chi connectivity index (χ0) is 21.0. The van der Waals surface area contributed by atoms with Gasteiger partial charge in [0.25, 0.3) is 5.91 Å². The maximum atomic E-state index is 12.9. The van der Waals surface area contributed by atoms with Crippen LogP contribution in [0.3, 0.4) is 0 Å². The summed E-state index contributed by atoms with van der Waals surface area (Å²) in [5.41, 5.74) is 2.23. The molecule has 1 aliphatic rings. The van der Waals surface area contributed by atoms with Crippen LogP contribution in [-0.2, 0) is 25.5 Å². The summed E-state index contributed by atoms with van der Waals surface area (Å²) in [6.45, 7) is 3.69. The quantitative estimate of drug-likeness (QED) is 0.758. The van der Waals surface area contributed by atoms with Crippen LogP contribution in [-0.4, -0.2) is 30.4 Å². The number of esters is 1. The molecule has 0 aromatic heterocycles. The van der Waals surface area contributed by atoms with E-state index in [-0.39, 0.29) is 18.9 Å². The molecule has 2 atom stereocenters. The van der Waals surface area contributed by atoms with E-state index >= 15 is 0 Å². The van der Waals surface area contributed by atoms with Crippen molar-refractivity contribution in [2.24, 2.45) is 5.92 Å². The molecule has 2 aromatic rings. The molecule has 3 rings (SSSR count). The molecule has 1 fully saturated rings. The molecule has 6 nitrogen and oxygen atoms in total. The fourth-order valence-electron chi connectivity index (χ4n) is 3.27. The fraction of sp³-hybridized carbons (Fsp3) is 0.318. The van der Waals surface area contributed by atoms with Gasteiger partial charge >= 0.3 is 5.97 Å². The van der Waals surface area contributed by atoms with Crippen molar-refractivity contribution >= 4 is 29.2 Å². The molecule has 152 valence electrons. The Bertz CT molecular complexity index is 913. The normalized spacial score (nSPS) is 17.1. The molecule has 1 saturated heterocycles. The van der Waals surface area contributed by atoms with Gasteiger partial charge in [0.15, 0.2) is 6.10 Å². The number of halogens is 1. The minimum atomic E-state index is -1.04. The molecule has 2 amide bonds. The van der Waals surface area contributed by atoms with Crippen LogP contribution in [0.15, 0.2) is 48.5 Å². The van der Waals surface area contributed by atoms with Gasteiger partial charge in [0, 0.05) is 24.3 Å². The highest BCUT2D eigenvalue weighted by atomic mass is 19.1. The van der Waals surface area contributed by atoms with Crippen molar-refractivity contribution in [2.45, 2.75) is 32.8 Å². The maximum absolute atomic E-state index is 12.9. The molecular weight excluding hydrogens is 375 g/mol. The molecule has 0 aliphatic carbocycles. The number of nitrogens with one attached hydrogen (secondary N) is 1. The molecule has 7 heteroatoms. The Balaban J connectivity index is 1.60. The van der Waals surface area contributed by atoms with Crippen LogP contribution in [0.1, 0.15) is 25.8 Å². The molecule has 0 unspecified atom stereocenters. The fourth-order valence-corrected chi connectivity index (χ4v) is 3.27. The van der Waals surface area contributed by atoms with Crippen molar-refractivity contribution in [2.75, 3.05) is 16.8 Å². The van der Waals surface area contributed by atoms with E-state index in [0.717, 1.165) is 17.7 Å². The first kappa shape index (κ1) is 20.5. The van der Waals surface area contributed by atoms with Crippen LogP contribution in [0.2, 0.25) is 0 Å². The Morgan fingerprint density at radius 3 is 2.59 bits per heavy atom.